The zero-order chi connectivity index (χ0) is 16.9. The van der Waals surface area contributed by atoms with Crippen molar-refractivity contribution >= 4 is 0 Å². The number of methoxy groups -OCH3 is 1. The molecule has 0 amide bonds. The van der Waals surface area contributed by atoms with Crippen LogP contribution < -0.4 is 10.1 Å². The summed E-state index contributed by atoms with van der Waals surface area (Å²) in [6, 6.07) is 12.0. The van der Waals surface area contributed by atoms with E-state index in [4.69, 9.17) is 4.74 Å². The SMILES string of the molecule is COc1cccc(C(O)CNCc2ccc(C(F)(F)F)cc2)c1. The van der Waals surface area contributed by atoms with Gasteiger partial charge in [-0.15, -0.1) is 0 Å². The van der Waals surface area contributed by atoms with Crippen molar-refractivity contribution in [2.45, 2.75) is 18.8 Å². The molecule has 2 rings (SSSR count). The van der Waals surface area contributed by atoms with Gasteiger partial charge in [0.05, 0.1) is 18.8 Å². The molecule has 0 heterocycles. The molecule has 0 spiro atoms. The van der Waals surface area contributed by atoms with Crippen molar-refractivity contribution in [2.75, 3.05) is 13.7 Å². The Labute approximate surface area is 132 Å². The number of aliphatic hydroxyl groups excluding tert-OH is 1. The zero-order valence-corrected chi connectivity index (χ0v) is 12.6. The smallest absolute Gasteiger partial charge is 0.416 e. The summed E-state index contributed by atoms with van der Waals surface area (Å²) in [6.07, 6.45) is -5.05. The monoisotopic (exact) mass is 325 g/mol. The Morgan fingerprint density at radius 1 is 1.13 bits per heavy atom. The van der Waals surface area contributed by atoms with Crippen LogP contribution in [0.4, 0.5) is 13.2 Å². The summed E-state index contributed by atoms with van der Waals surface area (Å²) in [5.74, 6) is 0.657. The molecule has 2 aromatic rings. The van der Waals surface area contributed by atoms with Crippen molar-refractivity contribution in [3.8, 4) is 5.75 Å². The van der Waals surface area contributed by atoms with Crippen LogP contribution in [0, 0.1) is 0 Å². The van der Waals surface area contributed by atoms with E-state index in [1.165, 1.54) is 12.1 Å². The highest BCUT2D eigenvalue weighted by Crippen LogP contribution is 2.29. The van der Waals surface area contributed by atoms with Gasteiger partial charge in [0.25, 0.3) is 0 Å². The van der Waals surface area contributed by atoms with Gasteiger partial charge in [-0.2, -0.15) is 13.2 Å². The third-order valence-electron chi connectivity index (χ3n) is 3.43. The molecule has 1 unspecified atom stereocenters. The van der Waals surface area contributed by atoms with E-state index in [2.05, 4.69) is 5.32 Å². The Morgan fingerprint density at radius 3 is 2.43 bits per heavy atom. The first-order chi connectivity index (χ1) is 10.9. The summed E-state index contributed by atoms with van der Waals surface area (Å²) in [6.45, 7) is 0.660. The molecule has 124 valence electrons. The van der Waals surface area contributed by atoms with Crippen molar-refractivity contribution in [3.63, 3.8) is 0 Å². The Balaban J connectivity index is 1.86. The van der Waals surface area contributed by atoms with Crippen LogP contribution in [-0.2, 0) is 12.7 Å². The first-order valence-corrected chi connectivity index (χ1v) is 7.09. The molecule has 6 heteroatoms. The number of nitrogens with one attached hydrogen (secondary N) is 1. The second-order valence-corrected chi connectivity index (χ2v) is 5.12. The summed E-state index contributed by atoms with van der Waals surface area (Å²) in [5.41, 5.74) is 0.762. The van der Waals surface area contributed by atoms with Crippen LogP contribution in [0.3, 0.4) is 0 Å². The van der Waals surface area contributed by atoms with Gasteiger partial charge in [0.2, 0.25) is 0 Å². The molecule has 1 atom stereocenters. The largest absolute Gasteiger partial charge is 0.497 e. The molecule has 0 aromatic heterocycles. The van der Waals surface area contributed by atoms with Crippen LogP contribution in [0.15, 0.2) is 48.5 Å². The summed E-state index contributed by atoms with van der Waals surface area (Å²) in [4.78, 5) is 0. The Bertz CT molecular complexity index is 626. The number of ether oxygens (including phenoxy) is 1. The quantitative estimate of drug-likeness (QED) is 0.854. The van der Waals surface area contributed by atoms with Crippen molar-refractivity contribution < 1.29 is 23.0 Å². The predicted molar refractivity (Wildman–Crippen MR) is 81.1 cm³/mol. The molecule has 0 bridgehead atoms. The minimum atomic E-state index is -4.32. The van der Waals surface area contributed by atoms with Gasteiger partial charge >= 0.3 is 6.18 Å². The summed E-state index contributed by atoms with van der Waals surface area (Å²) in [7, 11) is 1.55. The van der Waals surface area contributed by atoms with Crippen molar-refractivity contribution in [1.29, 1.82) is 0 Å². The summed E-state index contributed by atoms with van der Waals surface area (Å²) in [5, 5.41) is 13.1. The average Bonchev–Trinajstić information content (AvgIpc) is 2.54. The van der Waals surface area contributed by atoms with E-state index in [9.17, 15) is 18.3 Å². The molecule has 0 saturated heterocycles. The van der Waals surface area contributed by atoms with Crippen LogP contribution in [0.5, 0.6) is 5.75 Å². The van der Waals surface area contributed by atoms with Crippen molar-refractivity contribution in [3.05, 3.63) is 65.2 Å². The number of halogens is 3. The highest BCUT2D eigenvalue weighted by atomic mass is 19.4. The lowest BCUT2D eigenvalue weighted by Crippen LogP contribution is -2.21. The normalized spacial score (nSPS) is 12.9. The number of rotatable bonds is 6. The maximum atomic E-state index is 12.5. The third kappa shape index (κ3) is 4.97. The second kappa shape index (κ2) is 7.48. The lowest BCUT2D eigenvalue weighted by atomic mass is 10.1. The number of alkyl halides is 3. The van der Waals surface area contributed by atoms with Gasteiger partial charge in [-0.3, -0.25) is 0 Å². The van der Waals surface area contributed by atoms with E-state index in [0.29, 0.717) is 17.9 Å². The van der Waals surface area contributed by atoms with E-state index in [0.717, 1.165) is 17.7 Å². The maximum Gasteiger partial charge on any atom is 0.416 e. The molecule has 2 aromatic carbocycles. The lowest BCUT2D eigenvalue weighted by Gasteiger charge is -2.13. The standard InChI is InChI=1S/C17H18F3NO2/c1-23-15-4-2-3-13(9-15)16(22)11-21-10-12-5-7-14(8-6-12)17(18,19)20/h2-9,16,21-22H,10-11H2,1H3. The molecule has 23 heavy (non-hydrogen) atoms. The molecule has 2 N–H and O–H groups in total. The van der Waals surface area contributed by atoms with E-state index in [1.54, 1.807) is 31.4 Å². The minimum Gasteiger partial charge on any atom is -0.497 e. The van der Waals surface area contributed by atoms with Crippen LogP contribution in [-0.4, -0.2) is 18.8 Å². The van der Waals surface area contributed by atoms with E-state index < -0.39 is 17.8 Å². The topological polar surface area (TPSA) is 41.5 Å². The van der Waals surface area contributed by atoms with Crippen molar-refractivity contribution in [1.82, 2.24) is 5.32 Å². The molecule has 0 aliphatic rings. The fourth-order valence-corrected chi connectivity index (χ4v) is 2.13. The second-order valence-electron chi connectivity index (χ2n) is 5.12. The van der Waals surface area contributed by atoms with Gasteiger partial charge in [0.1, 0.15) is 5.75 Å². The van der Waals surface area contributed by atoms with Gasteiger partial charge in [-0.25, -0.2) is 0 Å². The Hall–Kier alpha value is -2.05. The van der Waals surface area contributed by atoms with Crippen LogP contribution in [0.2, 0.25) is 0 Å². The average molecular weight is 325 g/mol. The first kappa shape index (κ1) is 17.3. The fourth-order valence-electron chi connectivity index (χ4n) is 2.13. The minimum absolute atomic E-state index is 0.286. The van der Waals surface area contributed by atoms with E-state index in [-0.39, 0.29) is 6.54 Å². The molecular formula is C17H18F3NO2. The summed E-state index contributed by atoms with van der Waals surface area (Å²) >= 11 is 0. The highest BCUT2D eigenvalue weighted by molar-refractivity contribution is 5.30. The van der Waals surface area contributed by atoms with Gasteiger partial charge in [-0.1, -0.05) is 24.3 Å². The van der Waals surface area contributed by atoms with Crippen LogP contribution in [0.1, 0.15) is 22.8 Å². The third-order valence-corrected chi connectivity index (χ3v) is 3.43. The Kier molecular flexibility index (Phi) is 5.63. The van der Waals surface area contributed by atoms with Crippen LogP contribution in [0.25, 0.3) is 0 Å². The fraction of sp³-hybridized carbons (Fsp3) is 0.294. The first-order valence-electron chi connectivity index (χ1n) is 7.09. The van der Waals surface area contributed by atoms with Crippen LogP contribution >= 0.6 is 0 Å². The van der Waals surface area contributed by atoms with Crippen molar-refractivity contribution in [2.24, 2.45) is 0 Å². The van der Waals surface area contributed by atoms with Gasteiger partial charge in [0, 0.05) is 13.1 Å². The lowest BCUT2D eigenvalue weighted by molar-refractivity contribution is -0.137. The number of hydrogen-bond donors (Lipinski definition) is 2. The zero-order valence-electron chi connectivity index (χ0n) is 12.6. The van der Waals surface area contributed by atoms with Gasteiger partial charge < -0.3 is 15.2 Å². The molecule has 0 aliphatic heterocycles. The number of benzene rings is 2. The maximum absolute atomic E-state index is 12.5. The number of hydrogen-bond acceptors (Lipinski definition) is 3. The van der Waals surface area contributed by atoms with Gasteiger partial charge in [0.15, 0.2) is 0 Å². The highest BCUT2D eigenvalue weighted by Gasteiger charge is 2.29. The summed E-state index contributed by atoms with van der Waals surface area (Å²) < 4.78 is 42.5. The molecule has 0 saturated carbocycles. The molecule has 3 nitrogen and oxygen atoms in total. The Morgan fingerprint density at radius 2 is 1.83 bits per heavy atom. The number of aliphatic hydroxyl groups is 1. The predicted octanol–water partition coefficient (Wildman–Crippen LogP) is 3.54. The molecule has 0 radical (unpaired) electrons. The van der Waals surface area contributed by atoms with E-state index in [1.807, 2.05) is 0 Å². The van der Waals surface area contributed by atoms with Gasteiger partial charge in [-0.05, 0) is 35.4 Å². The molecular weight excluding hydrogens is 307 g/mol. The molecule has 0 aliphatic carbocycles. The van der Waals surface area contributed by atoms with E-state index >= 15 is 0 Å². The molecule has 0 fully saturated rings.